The summed E-state index contributed by atoms with van der Waals surface area (Å²) in [6, 6.07) is -0.444. The predicted molar refractivity (Wildman–Crippen MR) is 48.6 cm³/mol. The van der Waals surface area contributed by atoms with E-state index in [2.05, 4.69) is 15.5 Å². The lowest BCUT2D eigenvalue weighted by molar-refractivity contribution is -0.117. The molecule has 0 aliphatic heterocycles. The molecular weight excluding hydrogens is 184 g/mol. The third-order valence-electron chi connectivity index (χ3n) is 2.01. The van der Waals surface area contributed by atoms with Crippen LogP contribution in [0, 0.1) is 0 Å². The van der Waals surface area contributed by atoms with Crippen molar-refractivity contribution in [2.75, 3.05) is 5.32 Å². The van der Waals surface area contributed by atoms with E-state index in [1.165, 1.54) is 0 Å². The molecule has 1 atom stereocenters. The first-order valence-electron chi connectivity index (χ1n) is 4.56. The lowest BCUT2D eigenvalue weighted by Gasteiger charge is -2.01. The third-order valence-corrected chi connectivity index (χ3v) is 2.01. The Kier molecular flexibility index (Phi) is 2.20. The molecule has 1 amide bonds. The molecule has 76 valence electrons. The molecule has 0 bridgehead atoms. The zero-order chi connectivity index (χ0) is 10.1. The van der Waals surface area contributed by atoms with E-state index in [1.807, 2.05) is 0 Å². The quantitative estimate of drug-likeness (QED) is 0.721. The molecule has 0 spiro atoms. The topological polar surface area (TPSA) is 94.0 Å². The summed E-state index contributed by atoms with van der Waals surface area (Å²) < 4.78 is 5.22. The largest absolute Gasteiger partial charge is 0.408 e. The van der Waals surface area contributed by atoms with Crippen LogP contribution in [0.3, 0.4) is 0 Å². The Morgan fingerprint density at radius 1 is 1.64 bits per heavy atom. The van der Waals surface area contributed by atoms with Gasteiger partial charge in [-0.15, -0.1) is 5.10 Å². The molecule has 2 rings (SSSR count). The summed E-state index contributed by atoms with van der Waals surface area (Å²) in [5.41, 5.74) is 5.36. The standard InChI is InChI=1S/C8H12N4O2/c1-4(9)6(13)10-8-12-11-7(14-8)5-2-3-5/h4-5H,2-3,9H2,1H3,(H,10,12,13). The van der Waals surface area contributed by atoms with Crippen molar-refractivity contribution in [3.63, 3.8) is 0 Å². The van der Waals surface area contributed by atoms with Crippen LogP contribution in [0.1, 0.15) is 31.6 Å². The first kappa shape index (κ1) is 9.14. The van der Waals surface area contributed by atoms with Crippen LogP contribution in [-0.2, 0) is 4.79 Å². The lowest BCUT2D eigenvalue weighted by atomic mass is 10.3. The summed E-state index contributed by atoms with van der Waals surface area (Å²) in [7, 11) is 0. The first-order valence-corrected chi connectivity index (χ1v) is 4.56. The molecule has 1 unspecified atom stereocenters. The molecule has 14 heavy (non-hydrogen) atoms. The molecule has 1 aromatic heterocycles. The van der Waals surface area contributed by atoms with Crippen LogP contribution in [-0.4, -0.2) is 22.1 Å². The summed E-state index contributed by atoms with van der Waals surface area (Å²) in [6.45, 7) is 1.59. The number of nitrogens with one attached hydrogen (secondary N) is 1. The number of carbonyl (C=O) groups is 1. The number of anilines is 1. The van der Waals surface area contributed by atoms with E-state index >= 15 is 0 Å². The van der Waals surface area contributed by atoms with Crippen LogP contribution in [0.15, 0.2) is 4.42 Å². The van der Waals surface area contributed by atoms with Crippen LogP contribution in [0.5, 0.6) is 0 Å². The van der Waals surface area contributed by atoms with Gasteiger partial charge in [-0.3, -0.25) is 10.1 Å². The second kappa shape index (κ2) is 3.38. The van der Waals surface area contributed by atoms with E-state index in [0.29, 0.717) is 11.8 Å². The third kappa shape index (κ3) is 1.90. The van der Waals surface area contributed by atoms with Gasteiger partial charge in [0.15, 0.2) is 0 Å². The van der Waals surface area contributed by atoms with Gasteiger partial charge < -0.3 is 10.2 Å². The number of rotatable bonds is 3. The minimum Gasteiger partial charge on any atom is -0.408 e. The van der Waals surface area contributed by atoms with Gasteiger partial charge in [-0.1, -0.05) is 5.10 Å². The number of hydrogen-bond donors (Lipinski definition) is 2. The van der Waals surface area contributed by atoms with Crippen LogP contribution in [0.4, 0.5) is 6.01 Å². The summed E-state index contributed by atoms with van der Waals surface area (Å²) >= 11 is 0. The molecule has 0 aromatic carbocycles. The van der Waals surface area contributed by atoms with Crippen molar-refractivity contribution in [2.24, 2.45) is 5.73 Å². The molecule has 1 saturated carbocycles. The SMILES string of the molecule is CC(N)C(=O)Nc1nnc(C2CC2)o1. The van der Waals surface area contributed by atoms with Crippen molar-refractivity contribution in [3.8, 4) is 0 Å². The summed E-state index contributed by atoms with van der Waals surface area (Å²) in [5, 5.41) is 9.95. The predicted octanol–water partition coefficient (Wildman–Crippen LogP) is 0.233. The van der Waals surface area contributed by atoms with Gasteiger partial charge in [0.25, 0.3) is 0 Å². The maximum Gasteiger partial charge on any atom is 0.322 e. The zero-order valence-electron chi connectivity index (χ0n) is 7.86. The highest BCUT2D eigenvalue weighted by atomic mass is 16.4. The maximum absolute atomic E-state index is 11.1. The molecule has 6 heteroatoms. The Morgan fingerprint density at radius 3 is 2.93 bits per heavy atom. The average Bonchev–Trinajstić information content (AvgIpc) is 2.88. The highest BCUT2D eigenvalue weighted by Gasteiger charge is 2.29. The number of nitrogens with zero attached hydrogens (tertiary/aromatic N) is 2. The van der Waals surface area contributed by atoms with E-state index in [4.69, 9.17) is 10.2 Å². The van der Waals surface area contributed by atoms with Gasteiger partial charge in [-0.25, -0.2) is 0 Å². The fraction of sp³-hybridized carbons (Fsp3) is 0.625. The van der Waals surface area contributed by atoms with Gasteiger partial charge in [0, 0.05) is 5.92 Å². The van der Waals surface area contributed by atoms with E-state index in [9.17, 15) is 4.79 Å². The Labute approximate surface area is 80.9 Å². The van der Waals surface area contributed by atoms with Gasteiger partial charge in [0.2, 0.25) is 11.8 Å². The highest BCUT2D eigenvalue weighted by molar-refractivity contribution is 5.92. The molecule has 0 saturated heterocycles. The molecule has 1 aromatic rings. The normalized spacial score (nSPS) is 17.9. The van der Waals surface area contributed by atoms with Gasteiger partial charge in [-0.2, -0.15) is 0 Å². The molecule has 1 aliphatic rings. The fourth-order valence-corrected chi connectivity index (χ4v) is 1.000. The van der Waals surface area contributed by atoms with Crippen LogP contribution < -0.4 is 11.1 Å². The summed E-state index contributed by atoms with van der Waals surface area (Å²) in [6.07, 6.45) is 2.17. The highest BCUT2D eigenvalue weighted by Crippen LogP contribution is 2.39. The van der Waals surface area contributed by atoms with Crippen molar-refractivity contribution in [3.05, 3.63) is 5.89 Å². The van der Waals surface area contributed by atoms with Gasteiger partial charge in [0.05, 0.1) is 6.04 Å². The first-order chi connectivity index (χ1) is 6.66. The number of aromatic nitrogens is 2. The van der Waals surface area contributed by atoms with Gasteiger partial charge in [0.1, 0.15) is 0 Å². The van der Waals surface area contributed by atoms with Gasteiger partial charge >= 0.3 is 6.01 Å². The second-order valence-electron chi connectivity index (χ2n) is 3.50. The average molecular weight is 196 g/mol. The van der Waals surface area contributed by atoms with Crippen molar-refractivity contribution in [1.29, 1.82) is 0 Å². The van der Waals surface area contributed by atoms with Gasteiger partial charge in [-0.05, 0) is 19.8 Å². The fourth-order valence-electron chi connectivity index (χ4n) is 1.000. The minimum absolute atomic E-state index is 0.134. The Bertz CT molecular complexity index is 343. The van der Waals surface area contributed by atoms with Crippen molar-refractivity contribution >= 4 is 11.9 Å². The van der Waals surface area contributed by atoms with Crippen LogP contribution >= 0.6 is 0 Å². The number of nitrogens with two attached hydrogens (primary N) is 1. The zero-order valence-corrected chi connectivity index (χ0v) is 7.86. The monoisotopic (exact) mass is 196 g/mol. The molecule has 1 aliphatic carbocycles. The summed E-state index contributed by atoms with van der Waals surface area (Å²) in [5.74, 6) is 0.671. The van der Waals surface area contributed by atoms with Crippen LogP contribution in [0.2, 0.25) is 0 Å². The molecule has 0 radical (unpaired) electrons. The Balaban J connectivity index is 1.99. The molecule has 1 heterocycles. The smallest absolute Gasteiger partial charge is 0.322 e. The van der Waals surface area contributed by atoms with E-state index < -0.39 is 6.04 Å². The van der Waals surface area contributed by atoms with E-state index in [1.54, 1.807) is 6.92 Å². The molecule has 1 fully saturated rings. The van der Waals surface area contributed by atoms with E-state index in [-0.39, 0.29) is 11.9 Å². The number of hydrogen-bond acceptors (Lipinski definition) is 5. The van der Waals surface area contributed by atoms with Crippen molar-refractivity contribution in [1.82, 2.24) is 10.2 Å². The Hall–Kier alpha value is -1.43. The van der Waals surface area contributed by atoms with Crippen molar-refractivity contribution in [2.45, 2.75) is 31.7 Å². The lowest BCUT2D eigenvalue weighted by Crippen LogP contribution is -2.32. The molecule has 3 N–H and O–H groups in total. The number of amides is 1. The number of carbonyl (C=O) groups excluding carboxylic acids is 1. The van der Waals surface area contributed by atoms with Crippen LogP contribution in [0.25, 0.3) is 0 Å². The molecular formula is C8H12N4O2. The Morgan fingerprint density at radius 2 is 2.36 bits per heavy atom. The molecule has 6 nitrogen and oxygen atoms in total. The second-order valence-corrected chi connectivity index (χ2v) is 3.50. The van der Waals surface area contributed by atoms with E-state index in [0.717, 1.165) is 12.8 Å². The summed E-state index contributed by atoms with van der Waals surface area (Å²) in [4.78, 5) is 11.1. The minimum atomic E-state index is -0.578. The maximum atomic E-state index is 11.1. The van der Waals surface area contributed by atoms with Crippen molar-refractivity contribution < 1.29 is 9.21 Å².